The fraction of sp³-hybridized carbons (Fsp3) is 0.263. The van der Waals surface area contributed by atoms with E-state index in [1.165, 1.54) is 24.3 Å². The Morgan fingerprint density at radius 2 is 2.04 bits per heavy atom. The fourth-order valence-corrected chi connectivity index (χ4v) is 2.58. The number of halogens is 1. The Hall–Kier alpha value is -3.09. The zero-order chi connectivity index (χ0) is 18.5. The number of rotatable bonds is 7. The monoisotopic (exact) mass is 357 g/mol. The minimum atomic E-state index is -0.326. The average molecular weight is 357 g/mol. The van der Waals surface area contributed by atoms with Gasteiger partial charge in [0.05, 0.1) is 11.7 Å². The minimum Gasteiger partial charge on any atom is -0.486 e. The summed E-state index contributed by atoms with van der Waals surface area (Å²) in [7, 11) is 0. The number of hydrogen-bond donors (Lipinski definition) is 1. The lowest BCUT2D eigenvalue weighted by atomic mass is 10.2. The zero-order valence-electron chi connectivity index (χ0n) is 14.6. The summed E-state index contributed by atoms with van der Waals surface area (Å²) in [4.78, 5) is 12.4. The largest absolute Gasteiger partial charge is 0.486 e. The standard InChI is InChI=1S/C19H20FN3O3/c1-3-23-17(10-11-21-23)13(2)22-19(24)18-9-8-16(26-18)12-25-15-6-4-14(20)5-7-15/h4-11,13H,3,12H2,1-2H3,(H,22,24). The Morgan fingerprint density at radius 1 is 1.27 bits per heavy atom. The molecule has 3 rings (SSSR count). The van der Waals surface area contributed by atoms with Crippen LogP contribution in [0.3, 0.4) is 0 Å². The van der Waals surface area contributed by atoms with Crippen molar-refractivity contribution in [3.8, 4) is 5.75 Å². The Kier molecular flexibility index (Phi) is 5.36. The first kappa shape index (κ1) is 17.7. The van der Waals surface area contributed by atoms with E-state index in [1.54, 1.807) is 18.3 Å². The smallest absolute Gasteiger partial charge is 0.287 e. The topological polar surface area (TPSA) is 69.3 Å². The van der Waals surface area contributed by atoms with Crippen LogP contribution >= 0.6 is 0 Å². The van der Waals surface area contributed by atoms with E-state index >= 15 is 0 Å². The van der Waals surface area contributed by atoms with Gasteiger partial charge in [0.2, 0.25) is 0 Å². The van der Waals surface area contributed by atoms with Crippen molar-refractivity contribution < 1.29 is 18.3 Å². The lowest BCUT2D eigenvalue weighted by Gasteiger charge is -2.14. The molecule has 1 atom stereocenters. The lowest BCUT2D eigenvalue weighted by Crippen LogP contribution is -2.28. The Bertz CT molecular complexity index is 870. The molecule has 0 fully saturated rings. The molecule has 2 heterocycles. The number of carbonyl (C=O) groups excluding carboxylic acids is 1. The van der Waals surface area contributed by atoms with Crippen molar-refractivity contribution in [2.75, 3.05) is 0 Å². The van der Waals surface area contributed by atoms with E-state index in [0.717, 1.165) is 12.2 Å². The molecule has 0 aliphatic carbocycles. The van der Waals surface area contributed by atoms with Gasteiger partial charge in [0.25, 0.3) is 5.91 Å². The molecule has 0 saturated heterocycles. The molecular formula is C19H20FN3O3. The number of nitrogens with zero attached hydrogens (tertiary/aromatic N) is 2. The van der Waals surface area contributed by atoms with Crippen LogP contribution < -0.4 is 10.1 Å². The summed E-state index contributed by atoms with van der Waals surface area (Å²) in [5.74, 6) is 0.598. The highest BCUT2D eigenvalue weighted by molar-refractivity contribution is 5.91. The molecule has 0 bridgehead atoms. The molecular weight excluding hydrogens is 337 g/mol. The second-order valence-corrected chi connectivity index (χ2v) is 5.78. The van der Waals surface area contributed by atoms with E-state index in [0.29, 0.717) is 11.5 Å². The van der Waals surface area contributed by atoms with Gasteiger partial charge in [-0.2, -0.15) is 5.10 Å². The number of nitrogens with one attached hydrogen (secondary N) is 1. The molecule has 0 saturated carbocycles. The summed E-state index contributed by atoms with van der Waals surface area (Å²) < 4.78 is 25.7. The first-order chi connectivity index (χ1) is 12.6. The SMILES string of the molecule is CCn1nccc1C(C)NC(=O)c1ccc(COc2ccc(F)cc2)o1. The van der Waals surface area contributed by atoms with Crippen molar-refractivity contribution in [2.45, 2.75) is 33.0 Å². The predicted octanol–water partition coefficient (Wildman–Crippen LogP) is 3.71. The van der Waals surface area contributed by atoms with Crippen LogP contribution in [-0.4, -0.2) is 15.7 Å². The maximum Gasteiger partial charge on any atom is 0.287 e. The number of benzene rings is 1. The predicted molar refractivity (Wildman–Crippen MR) is 93.2 cm³/mol. The molecule has 0 aliphatic rings. The van der Waals surface area contributed by atoms with Gasteiger partial charge in [-0.25, -0.2) is 4.39 Å². The number of carbonyl (C=O) groups is 1. The van der Waals surface area contributed by atoms with E-state index in [1.807, 2.05) is 24.6 Å². The van der Waals surface area contributed by atoms with Gasteiger partial charge in [-0.1, -0.05) is 0 Å². The van der Waals surface area contributed by atoms with Crippen molar-refractivity contribution >= 4 is 5.91 Å². The van der Waals surface area contributed by atoms with Crippen LogP contribution in [0.15, 0.2) is 53.1 Å². The molecule has 1 N–H and O–H groups in total. The van der Waals surface area contributed by atoms with E-state index in [2.05, 4.69) is 10.4 Å². The minimum absolute atomic E-state index is 0.150. The van der Waals surface area contributed by atoms with Crippen LogP contribution in [-0.2, 0) is 13.2 Å². The van der Waals surface area contributed by atoms with Crippen LogP contribution in [0.5, 0.6) is 5.75 Å². The number of furan rings is 1. The Morgan fingerprint density at radius 3 is 2.77 bits per heavy atom. The second-order valence-electron chi connectivity index (χ2n) is 5.78. The fourth-order valence-electron chi connectivity index (χ4n) is 2.58. The third-order valence-corrected chi connectivity index (χ3v) is 3.92. The van der Waals surface area contributed by atoms with E-state index in [9.17, 15) is 9.18 Å². The van der Waals surface area contributed by atoms with Gasteiger partial charge < -0.3 is 14.5 Å². The normalized spacial score (nSPS) is 12.0. The third kappa shape index (κ3) is 4.11. The summed E-state index contributed by atoms with van der Waals surface area (Å²) >= 11 is 0. The number of hydrogen-bond acceptors (Lipinski definition) is 4. The van der Waals surface area contributed by atoms with Gasteiger partial charge in [-0.05, 0) is 56.3 Å². The highest BCUT2D eigenvalue weighted by Crippen LogP contribution is 2.17. The Balaban J connectivity index is 1.58. The first-order valence-electron chi connectivity index (χ1n) is 8.36. The Labute approximate surface area is 150 Å². The highest BCUT2D eigenvalue weighted by Gasteiger charge is 2.17. The molecule has 2 aromatic heterocycles. The van der Waals surface area contributed by atoms with Crippen molar-refractivity contribution in [1.82, 2.24) is 15.1 Å². The molecule has 1 amide bonds. The number of amides is 1. The molecule has 1 aromatic carbocycles. The quantitative estimate of drug-likeness (QED) is 0.700. The summed E-state index contributed by atoms with van der Waals surface area (Å²) in [6.45, 7) is 4.76. The number of aryl methyl sites for hydroxylation is 1. The third-order valence-electron chi connectivity index (χ3n) is 3.92. The summed E-state index contributed by atoms with van der Waals surface area (Å²) in [6.07, 6.45) is 1.71. The average Bonchev–Trinajstić information content (AvgIpc) is 3.30. The van der Waals surface area contributed by atoms with Gasteiger partial charge in [-0.15, -0.1) is 0 Å². The summed E-state index contributed by atoms with van der Waals surface area (Å²) in [5.41, 5.74) is 0.923. The lowest BCUT2D eigenvalue weighted by molar-refractivity contribution is 0.0906. The molecule has 7 heteroatoms. The van der Waals surface area contributed by atoms with Crippen LogP contribution in [0.25, 0.3) is 0 Å². The molecule has 0 aliphatic heterocycles. The number of aromatic nitrogens is 2. The molecule has 1 unspecified atom stereocenters. The van der Waals surface area contributed by atoms with E-state index in [-0.39, 0.29) is 30.1 Å². The molecule has 0 radical (unpaired) electrons. The molecule has 136 valence electrons. The van der Waals surface area contributed by atoms with Crippen LogP contribution in [0.4, 0.5) is 4.39 Å². The van der Waals surface area contributed by atoms with Gasteiger partial charge >= 0.3 is 0 Å². The van der Waals surface area contributed by atoms with Crippen molar-refractivity contribution in [2.24, 2.45) is 0 Å². The van der Waals surface area contributed by atoms with Crippen LogP contribution in [0.2, 0.25) is 0 Å². The van der Waals surface area contributed by atoms with Crippen molar-refractivity contribution in [1.29, 1.82) is 0 Å². The van der Waals surface area contributed by atoms with Crippen molar-refractivity contribution in [3.63, 3.8) is 0 Å². The molecule has 26 heavy (non-hydrogen) atoms. The van der Waals surface area contributed by atoms with E-state index in [4.69, 9.17) is 9.15 Å². The highest BCUT2D eigenvalue weighted by atomic mass is 19.1. The van der Waals surface area contributed by atoms with Gasteiger partial charge in [0.1, 0.15) is 23.9 Å². The first-order valence-corrected chi connectivity index (χ1v) is 8.36. The summed E-state index contributed by atoms with van der Waals surface area (Å²) in [5, 5.41) is 7.09. The maximum absolute atomic E-state index is 12.9. The molecule has 3 aromatic rings. The zero-order valence-corrected chi connectivity index (χ0v) is 14.6. The van der Waals surface area contributed by atoms with Gasteiger partial charge in [-0.3, -0.25) is 9.48 Å². The molecule has 0 spiro atoms. The summed E-state index contributed by atoms with van der Waals surface area (Å²) in [6, 6.07) is 10.7. The second kappa shape index (κ2) is 7.86. The van der Waals surface area contributed by atoms with E-state index < -0.39 is 0 Å². The maximum atomic E-state index is 12.9. The van der Waals surface area contributed by atoms with Crippen LogP contribution in [0.1, 0.15) is 41.9 Å². The molecule has 6 nitrogen and oxygen atoms in total. The number of ether oxygens (including phenoxy) is 1. The van der Waals surface area contributed by atoms with Gasteiger partial charge in [0.15, 0.2) is 5.76 Å². The van der Waals surface area contributed by atoms with Crippen molar-refractivity contribution in [3.05, 3.63) is 71.7 Å². The van der Waals surface area contributed by atoms with Crippen LogP contribution in [0, 0.1) is 5.82 Å². The van der Waals surface area contributed by atoms with Gasteiger partial charge in [0, 0.05) is 12.7 Å².